The highest BCUT2D eigenvalue weighted by molar-refractivity contribution is 5.79. The van der Waals surface area contributed by atoms with Gasteiger partial charge in [0.2, 0.25) is 5.91 Å². The monoisotopic (exact) mass is 186 g/mol. The molecule has 0 spiro atoms. The van der Waals surface area contributed by atoms with E-state index < -0.39 is 0 Å². The van der Waals surface area contributed by atoms with Crippen LogP contribution in [-0.4, -0.2) is 38.8 Å². The number of amides is 1. The van der Waals surface area contributed by atoms with E-state index in [9.17, 15) is 4.79 Å². The topological polar surface area (TPSA) is 50.4 Å². The number of ether oxygens (including phenoxy) is 1. The Morgan fingerprint density at radius 1 is 1.77 bits per heavy atom. The highest BCUT2D eigenvalue weighted by Crippen LogP contribution is 2.07. The summed E-state index contributed by atoms with van der Waals surface area (Å²) in [5.41, 5.74) is 0. The molecule has 0 bridgehead atoms. The molecular formula is C9H18N2O2. The van der Waals surface area contributed by atoms with Crippen molar-refractivity contribution in [3.8, 4) is 0 Å². The molecule has 1 fully saturated rings. The van der Waals surface area contributed by atoms with Crippen molar-refractivity contribution in [3.63, 3.8) is 0 Å². The normalized spacial score (nSPS) is 24.3. The summed E-state index contributed by atoms with van der Waals surface area (Å²) in [7, 11) is 1.64. The molecule has 1 aliphatic heterocycles. The number of carbonyl (C=O) groups excluding carboxylic acids is 1. The summed E-state index contributed by atoms with van der Waals surface area (Å²) in [6.07, 6.45) is 0.950. The third-order valence-electron chi connectivity index (χ3n) is 2.24. The maximum Gasteiger partial charge on any atom is 0.224 e. The summed E-state index contributed by atoms with van der Waals surface area (Å²) in [5, 5.41) is 6.09. The molecule has 0 saturated carbocycles. The number of nitrogens with one attached hydrogen (secondary N) is 2. The zero-order chi connectivity index (χ0) is 9.68. The van der Waals surface area contributed by atoms with Gasteiger partial charge in [-0.15, -0.1) is 0 Å². The molecular weight excluding hydrogens is 168 g/mol. The lowest BCUT2D eigenvalue weighted by Crippen LogP contribution is -2.40. The minimum atomic E-state index is 0.109. The standard InChI is InChI=1S/C9H18N2O2/c1-7(6-13-2)11-9(12)8-3-4-10-5-8/h7-8,10H,3-6H2,1-2H3,(H,11,12). The molecule has 4 heteroatoms. The first kappa shape index (κ1) is 10.5. The molecule has 1 rings (SSSR count). The predicted molar refractivity (Wildman–Crippen MR) is 50.5 cm³/mol. The Hall–Kier alpha value is -0.610. The predicted octanol–water partition coefficient (Wildman–Crippen LogP) is -0.253. The van der Waals surface area contributed by atoms with E-state index in [4.69, 9.17) is 4.74 Å². The van der Waals surface area contributed by atoms with Gasteiger partial charge >= 0.3 is 0 Å². The van der Waals surface area contributed by atoms with Gasteiger partial charge in [0.25, 0.3) is 0 Å². The van der Waals surface area contributed by atoms with Crippen LogP contribution in [0.1, 0.15) is 13.3 Å². The third-order valence-corrected chi connectivity index (χ3v) is 2.24. The minimum absolute atomic E-state index is 0.109. The van der Waals surface area contributed by atoms with E-state index in [1.807, 2.05) is 6.92 Å². The van der Waals surface area contributed by atoms with Gasteiger partial charge in [-0.25, -0.2) is 0 Å². The van der Waals surface area contributed by atoms with Gasteiger partial charge in [0.1, 0.15) is 0 Å². The Kier molecular flexibility index (Phi) is 4.18. The minimum Gasteiger partial charge on any atom is -0.383 e. The Morgan fingerprint density at radius 3 is 3.08 bits per heavy atom. The summed E-state index contributed by atoms with van der Waals surface area (Å²) in [4.78, 5) is 11.5. The smallest absolute Gasteiger partial charge is 0.224 e. The lowest BCUT2D eigenvalue weighted by atomic mass is 10.1. The molecule has 0 aromatic rings. The van der Waals surface area contributed by atoms with Crippen LogP contribution in [0.5, 0.6) is 0 Å². The first-order valence-electron chi connectivity index (χ1n) is 4.74. The Labute approximate surface area is 79.0 Å². The maximum absolute atomic E-state index is 11.5. The quantitative estimate of drug-likeness (QED) is 0.636. The zero-order valence-electron chi connectivity index (χ0n) is 8.30. The van der Waals surface area contributed by atoms with Crippen LogP contribution in [0.3, 0.4) is 0 Å². The lowest BCUT2D eigenvalue weighted by Gasteiger charge is -2.15. The van der Waals surface area contributed by atoms with Gasteiger partial charge in [-0.3, -0.25) is 4.79 Å². The van der Waals surface area contributed by atoms with Crippen LogP contribution in [0, 0.1) is 5.92 Å². The SMILES string of the molecule is COCC(C)NC(=O)C1CCNC1. The number of hydrogen-bond acceptors (Lipinski definition) is 3. The van der Waals surface area contributed by atoms with E-state index in [0.717, 1.165) is 19.5 Å². The third kappa shape index (κ3) is 3.32. The molecule has 76 valence electrons. The van der Waals surface area contributed by atoms with Crippen molar-refractivity contribution in [2.45, 2.75) is 19.4 Å². The van der Waals surface area contributed by atoms with Crippen LogP contribution in [0.2, 0.25) is 0 Å². The van der Waals surface area contributed by atoms with Crippen LogP contribution in [-0.2, 0) is 9.53 Å². The molecule has 0 radical (unpaired) electrons. The maximum atomic E-state index is 11.5. The number of carbonyl (C=O) groups is 1. The van der Waals surface area contributed by atoms with Gasteiger partial charge in [0.05, 0.1) is 12.5 Å². The Morgan fingerprint density at radius 2 is 2.54 bits per heavy atom. The first-order chi connectivity index (χ1) is 6.24. The number of hydrogen-bond donors (Lipinski definition) is 2. The van der Waals surface area contributed by atoms with Gasteiger partial charge < -0.3 is 15.4 Å². The first-order valence-corrected chi connectivity index (χ1v) is 4.74. The molecule has 13 heavy (non-hydrogen) atoms. The Balaban J connectivity index is 2.23. The van der Waals surface area contributed by atoms with Gasteiger partial charge in [0, 0.05) is 19.7 Å². The van der Waals surface area contributed by atoms with E-state index in [-0.39, 0.29) is 17.9 Å². The second-order valence-electron chi connectivity index (χ2n) is 3.55. The summed E-state index contributed by atoms with van der Waals surface area (Å²) < 4.78 is 4.94. The average Bonchev–Trinajstić information content (AvgIpc) is 2.55. The van der Waals surface area contributed by atoms with Crippen LogP contribution in [0.15, 0.2) is 0 Å². The number of methoxy groups -OCH3 is 1. The van der Waals surface area contributed by atoms with Crippen molar-refractivity contribution < 1.29 is 9.53 Å². The van der Waals surface area contributed by atoms with Crippen molar-refractivity contribution in [1.29, 1.82) is 0 Å². The molecule has 4 nitrogen and oxygen atoms in total. The van der Waals surface area contributed by atoms with Gasteiger partial charge in [0.15, 0.2) is 0 Å². The molecule has 1 amide bonds. The van der Waals surface area contributed by atoms with Gasteiger partial charge in [-0.2, -0.15) is 0 Å². The zero-order valence-corrected chi connectivity index (χ0v) is 8.30. The van der Waals surface area contributed by atoms with Crippen molar-refractivity contribution >= 4 is 5.91 Å². The molecule has 0 aromatic heterocycles. The van der Waals surface area contributed by atoms with Crippen LogP contribution in [0.25, 0.3) is 0 Å². The fraction of sp³-hybridized carbons (Fsp3) is 0.889. The highest BCUT2D eigenvalue weighted by Gasteiger charge is 2.22. The molecule has 0 aliphatic carbocycles. The molecule has 1 heterocycles. The largest absolute Gasteiger partial charge is 0.383 e. The van der Waals surface area contributed by atoms with Crippen molar-refractivity contribution in [2.75, 3.05) is 26.8 Å². The fourth-order valence-electron chi connectivity index (χ4n) is 1.53. The van der Waals surface area contributed by atoms with Crippen LogP contribution >= 0.6 is 0 Å². The van der Waals surface area contributed by atoms with E-state index >= 15 is 0 Å². The molecule has 2 unspecified atom stereocenters. The summed E-state index contributed by atoms with van der Waals surface area (Å²) in [6, 6.07) is 0.109. The summed E-state index contributed by atoms with van der Waals surface area (Å²) in [6.45, 7) is 4.29. The molecule has 1 aliphatic rings. The second kappa shape index (κ2) is 5.19. The fourth-order valence-corrected chi connectivity index (χ4v) is 1.53. The van der Waals surface area contributed by atoms with Crippen molar-refractivity contribution in [1.82, 2.24) is 10.6 Å². The summed E-state index contributed by atoms with van der Waals surface area (Å²) >= 11 is 0. The average molecular weight is 186 g/mol. The molecule has 2 N–H and O–H groups in total. The second-order valence-corrected chi connectivity index (χ2v) is 3.55. The molecule has 1 saturated heterocycles. The Bertz CT molecular complexity index is 167. The van der Waals surface area contributed by atoms with Crippen molar-refractivity contribution in [3.05, 3.63) is 0 Å². The summed E-state index contributed by atoms with van der Waals surface area (Å²) in [5.74, 6) is 0.300. The van der Waals surface area contributed by atoms with Crippen LogP contribution < -0.4 is 10.6 Å². The lowest BCUT2D eigenvalue weighted by molar-refractivity contribution is -0.125. The van der Waals surface area contributed by atoms with E-state index in [1.54, 1.807) is 7.11 Å². The van der Waals surface area contributed by atoms with Gasteiger partial charge in [-0.05, 0) is 19.9 Å². The van der Waals surface area contributed by atoms with E-state index in [0.29, 0.717) is 6.61 Å². The van der Waals surface area contributed by atoms with E-state index in [1.165, 1.54) is 0 Å². The van der Waals surface area contributed by atoms with Gasteiger partial charge in [-0.1, -0.05) is 0 Å². The molecule has 2 atom stereocenters. The van der Waals surface area contributed by atoms with Crippen molar-refractivity contribution in [2.24, 2.45) is 5.92 Å². The highest BCUT2D eigenvalue weighted by atomic mass is 16.5. The molecule has 0 aromatic carbocycles. The van der Waals surface area contributed by atoms with E-state index in [2.05, 4.69) is 10.6 Å². The van der Waals surface area contributed by atoms with Crippen LogP contribution in [0.4, 0.5) is 0 Å². The number of rotatable bonds is 4.